The monoisotopic (exact) mass is 340 g/mol. The molecule has 0 aliphatic carbocycles. The Morgan fingerprint density at radius 1 is 1.30 bits per heavy atom. The number of halogens is 1. The Kier molecular flexibility index (Phi) is 5.10. The zero-order chi connectivity index (χ0) is 14.8. The molecule has 1 aliphatic rings. The van der Waals surface area contributed by atoms with E-state index in [0.717, 1.165) is 29.7 Å². The maximum atomic E-state index is 9.98. The number of para-hydroxylation sites is 1. The highest BCUT2D eigenvalue weighted by Crippen LogP contribution is 2.27. The average Bonchev–Trinajstić information content (AvgIpc) is 2.40. The zero-order valence-corrected chi connectivity index (χ0v) is 14.2. The van der Waals surface area contributed by atoms with Crippen LogP contribution in [0.5, 0.6) is 5.75 Å². The number of piperidine rings is 1. The van der Waals surface area contributed by atoms with Crippen molar-refractivity contribution in [2.75, 3.05) is 13.1 Å². The second-order valence-electron chi connectivity index (χ2n) is 6.56. The lowest BCUT2D eigenvalue weighted by Crippen LogP contribution is -2.49. The van der Waals surface area contributed by atoms with Crippen molar-refractivity contribution in [1.82, 2.24) is 10.2 Å². The first kappa shape index (κ1) is 15.8. The van der Waals surface area contributed by atoms with Crippen molar-refractivity contribution in [3.05, 3.63) is 28.2 Å². The largest absolute Gasteiger partial charge is 0.506 e. The fraction of sp³-hybridized carbons (Fsp3) is 0.625. The van der Waals surface area contributed by atoms with Crippen LogP contribution in [-0.4, -0.2) is 34.7 Å². The van der Waals surface area contributed by atoms with Gasteiger partial charge in [-0.05, 0) is 55.6 Å². The number of hydrogen-bond acceptors (Lipinski definition) is 3. The number of aromatic hydroxyl groups is 1. The SMILES string of the molecule is CC(C)(C)N1CCC(NCc2cccc(Br)c2O)CC1. The van der Waals surface area contributed by atoms with Crippen molar-refractivity contribution in [2.45, 2.75) is 51.7 Å². The highest BCUT2D eigenvalue weighted by Gasteiger charge is 2.26. The van der Waals surface area contributed by atoms with Crippen LogP contribution in [0, 0.1) is 0 Å². The molecule has 1 aromatic carbocycles. The van der Waals surface area contributed by atoms with Crippen molar-refractivity contribution in [2.24, 2.45) is 0 Å². The summed E-state index contributed by atoms with van der Waals surface area (Å²) in [4.78, 5) is 2.54. The maximum Gasteiger partial charge on any atom is 0.134 e. The van der Waals surface area contributed by atoms with E-state index in [2.05, 4.69) is 46.9 Å². The minimum Gasteiger partial charge on any atom is -0.506 e. The van der Waals surface area contributed by atoms with Crippen molar-refractivity contribution in [1.29, 1.82) is 0 Å². The number of hydrogen-bond donors (Lipinski definition) is 2. The predicted molar refractivity (Wildman–Crippen MR) is 87.0 cm³/mol. The van der Waals surface area contributed by atoms with E-state index < -0.39 is 0 Å². The number of rotatable bonds is 3. The molecule has 20 heavy (non-hydrogen) atoms. The Labute approximate surface area is 130 Å². The first-order chi connectivity index (χ1) is 9.38. The molecule has 0 bridgehead atoms. The second-order valence-corrected chi connectivity index (χ2v) is 7.41. The third kappa shape index (κ3) is 3.96. The molecule has 0 atom stereocenters. The molecule has 0 radical (unpaired) electrons. The van der Waals surface area contributed by atoms with Crippen LogP contribution in [0.3, 0.4) is 0 Å². The molecule has 0 amide bonds. The molecule has 1 aliphatic heterocycles. The molecule has 3 nitrogen and oxygen atoms in total. The molecule has 1 fully saturated rings. The Balaban J connectivity index is 1.83. The molecule has 2 N–H and O–H groups in total. The van der Waals surface area contributed by atoms with E-state index in [1.165, 1.54) is 12.8 Å². The quantitative estimate of drug-likeness (QED) is 0.883. The van der Waals surface area contributed by atoms with Gasteiger partial charge in [-0.15, -0.1) is 0 Å². The molecule has 4 heteroatoms. The van der Waals surface area contributed by atoms with Crippen molar-refractivity contribution < 1.29 is 5.11 Å². The standard InChI is InChI=1S/C16H25BrN2O/c1-16(2,3)19-9-7-13(8-10-19)18-11-12-5-4-6-14(17)15(12)20/h4-6,13,18,20H,7-11H2,1-3H3. The smallest absolute Gasteiger partial charge is 0.134 e. The van der Waals surface area contributed by atoms with Gasteiger partial charge in [-0.25, -0.2) is 0 Å². The second kappa shape index (κ2) is 6.46. The first-order valence-corrected chi connectivity index (χ1v) is 8.12. The van der Waals surface area contributed by atoms with E-state index in [9.17, 15) is 5.11 Å². The van der Waals surface area contributed by atoms with Gasteiger partial charge in [0.05, 0.1) is 4.47 Å². The summed E-state index contributed by atoms with van der Waals surface area (Å²) >= 11 is 3.36. The molecule has 1 saturated heterocycles. The molecule has 0 spiro atoms. The Bertz CT molecular complexity index is 448. The molecule has 1 heterocycles. The minimum atomic E-state index is 0.271. The normalized spacial score (nSPS) is 18.4. The van der Waals surface area contributed by atoms with Crippen LogP contribution < -0.4 is 5.32 Å². The number of phenolic OH excluding ortho intramolecular Hbond substituents is 1. The molecule has 0 aromatic heterocycles. The Hall–Kier alpha value is -0.580. The number of likely N-dealkylation sites (tertiary alicyclic amines) is 1. The van der Waals surface area contributed by atoms with Crippen LogP contribution in [0.1, 0.15) is 39.2 Å². The lowest BCUT2D eigenvalue weighted by molar-refractivity contribution is 0.0960. The molecular formula is C16H25BrN2O. The first-order valence-electron chi connectivity index (χ1n) is 7.32. The predicted octanol–water partition coefficient (Wildman–Crippen LogP) is 3.51. The van der Waals surface area contributed by atoms with Crippen molar-refractivity contribution in [3.8, 4) is 5.75 Å². The highest BCUT2D eigenvalue weighted by atomic mass is 79.9. The van der Waals surface area contributed by atoms with Gasteiger partial charge in [0.2, 0.25) is 0 Å². The van der Waals surface area contributed by atoms with Gasteiger partial charge in [-0.3, -0.25) is 4.90 Å². The van der Waals surface area contributed by atoms with Gasteiger partial charge in [0.15, 0.2) is 0 Å². The molecule has 112 valence electrons. The average molecular weight is 341 g/mol. The van der Waals surface area contributed by atoms with Crippen molar-refractivity contribution >= 4 is 15.9 Å². The van der Waals surface area contributed by atoms with Crippen LogP contribution in [-0.2, 0) is 6.54 Å². The summed E-state index contributed by atoms with van der Waals surface area (Å²) in [5.74, 6) is 0.354. The lowest BCUT2D eigenvalue weighted by atomic mass is 9.98. The third-order valence-electron chi connectivity index (χ3n) is 4.10. The zero-order valence-electron chi connectivity index (χ0n) is 12.6. The minimum absolute atomic E-state index is 0.271. The van der Waals surface area contributed by atoms with Crippen LogP contribution >= 0.6 is 15.9 Å². The summed E-state index contributed by atoms with van der Waals surface area (Å²) in [6.07, 6.45) is 2.35. The summed E-state index contributed by atoms with van der Waals surface area (Å²) in [5, 5.41) is 13.6. The van der Waals surface area contributed by atoms with Crippen LogP contribution in [0.15, 0.2) is 22.7 Å². The number of nitrogens with zero attached hydrogens (tertiary/aromatic N) is 1. The van der Waals surface area contributed by atoms with Gasteiger partial charge in [-0.2, -0.15) is 0 Å². The summed E-state index contributed by atoms with van der Waals surface area (Å²) in [7, 11) is 0. The van der Waals surface area contributed by atoms with Gasteiger partial charge < -0.3 is 10.4 Å². The van der Waals surface area contributed by atoms with Gasteiger partial charge in [0, 0.05) is 36.8 Å². The third-order valence-corrected chi connectivity index (χ3v) is 4.74. The van der Waals surface area contributed by atoms with E-state index in [-0.39, 0.29) is 5.54 Å². The summed E-state index contributed by atoms with van der Waals surface area (Å²) in [6.45, 7) is 9.85. The highest BCUT2D eigenvalue weighted by molar-refractivity contribution is 9.10. The number of benzene rings is 1. The van der Waals surface area contributed by atoms with Crippen LogP contribution in [0.4, 0.5) is 0 Å². The van der Waals surface area contributed by atoms with Crippen LogP contribution in [0.2, 0.25) is 0 Å². The van der Waals surface area contributed by atoms with E-state index in [1.54, 1.807) is 0 Å². The molecule has 1 aromatic rings. The van der Waals surface area contributed by atoms with E-state index >= 15 is 0 Å². The molecular weight excluding hydrogens is 316 g/mol. The fourth-order valence-electron chi connectivity index (χ4n) is 2.71. The maximum absolute atomic E-state index is 9.98. The van der Waals surface area contributed by atoms with E-state index in [0.29, 0.717) is 11.8 Å². The summed E-state index contributed by atoms with van der Waals surface area (Å²) in [6, 6.07) is 6.34. The summed E-state index contributed by atoms with van der Waals surface area (Å²) < 4.78 is 0.763. The topological polar surface area (TPSA) is 35.5 Å². The Morgan fingerprint density at radius 2 is 1.95 bits per heavy atom. The van der Waals surface area contributed by atoms with E-state index in [1.807, 2.05) is 18.2 Å². The number of nitrogens with one attached hydrogen (secondary N) is 1. The van der Waals surface area contributed by atoms with Crippen molar-refractivity contribution in [3.63, 3.8) is 0 Å². The van der Waals surface area contributed by atoms with Gasteiger partial charge in [0.25, 0.3) is 0 Å². The lowest BCUT2D eigenvalue weighted by Gasteiger charge is -2.41. The Morgan fingerprint density at radius 3 is 2.55 bits per heavy atom. The van der Waals surface area contributed by atoms with E-state index in [4.69, 9.17) is 0 Å². The van der Waals surface area contributed by atoms with Gasteiger partial charge in [-0.1, -0.05) is 12.1 Å². The molecule has 2 rings (SSSR count). The van der Waals surface area contributed by atoms with Gasteiger partial charge >= 0.3 is 0 Å². The fourth-order valence-corrected chi connectivity index (χ4v) is 3.12. The number of phenols is 1. The van der Waals surface area contributed by atoms with Gasteiger partial charge in [0.1, 0.15) is 5.75 Å². The molecule has 0 unspecified atom stereocenters. The van der Waals surface area contributed by atoms with Crippen LogP contribution in [0.25, 0.3) is 0 Å². The summed E-state index contributed by atoms with van der Waals surface area (Å²) in [5.41, 5.74) is 1.23. The molecule has 0 saturated carbocycles.